The third kappa shape index (κ3) is 3.48. The maximum Gasteiger partial charge on any atom is 0.239 e. The number of carbonyl (C=O) groups excluding carboxylic acids is 1. The summed E-state index contributed by atoms with van der Waals surface area (Å²) in [6.45, 7) is 9.77. The molecule has 3 atom stereocenters. The molecule has 110 valence electrons. The van der Waals surface area contributed by atoms with E-state index in [1.807, 2.05) is 0 Å². The van der Waals surface area contributed by atoms with E-state index in [1.54, 1.807) is 0 Å². The van der Waals surface area contributed by atoms with Crippen molar-refractivity contribution in [3.63, 3.8) is 0 Å². The summed E-state index contributed by atoms with van der Waals surface area (Å²) in [5.41, 5.74) is 0. The Kier molecular flexibility index (Phi) is 5.22. The normalized spacial score (nSPS) is 31.2. The van der Waals surface area contributed by atoms with Crippen molar-refractivity contribution in [2.24, 2.45) is 0 Å². The van der Waals surface area contributed by atoms with Gasteiger partial charge in [-0.25, -0.2) is 0 Å². The number of likely N-dealkylation sites (tertiary alicyclic amines) is 1. The molecule has 0 aromatic rings. The van der Waals surface area contributed by atoms with E-state index < -0.39 is 0 Å². The molecule has 2 aliphatic rings. The van der Waals surface area contributed by atoms with Crippen LogP contribution in [0.3, 0.4) is 0 Å². The lowest BCUT2D eigenvalue weighted by atomic mass is 9.99. The fourth-order valence-electron chi connectivity index (χ4n) is 3.31. The van der Waals surface area contributed by atoms with Gasteiger partial charge in [-0.05, 0) is 39.5 Å². The summed E-state index contributed by atoms with van der Waals surface area (Å²) >= 11 is 0. The first-order valence-electron chi connectivity index (χ1n) is 7.79. The molecule has 0 aromatic carbocycles. The Morgan fingerprint density at radius 2 is 2.16 bits per heavy atom. The van der Waals surface area contributed by atoms with Crippen LogP contribution < -0.4 is 0 Å². The van der Waals surface area contributed by atoms with Crippen LogP contribution in [0.1, 0.15) is 46.5 Å². The minimum absolute atomic E-state index is 0.00139. The van der Waals surface area contributed by atoms with E-state index >= 15 is 0 Å². The van der Waals surface area contributed by atoms with E-state index in [1.165, 1.54) is 12.8 Å². The van der Waals surface area contributed by atoms with Crippen LogP contribution in [0.5, 0.6) is 0 Å². The van der Waals surface area contributed by atoms with E-state index in [-0.39, 0.29) is 12.1 Å². The third-order valence-electron chi connectivity index (χ3n) is 4.56. The smallest absolute Gasteiger partial charge is 0.239 e. The highest BCUT2D eigenvalue weighted by atomic mass is 16.5. The second-order valence-electron chi connectivity index (χ2n) is 5.94. The first-order valence-corrected chi connectivity index (χ1v) is 7.79. The lowest BCUT2D eigenvalue weighted by Crippen LogP contribution is -2.55. The minimum atomic E-state index is -0.00139. The zero-order chi connectivity index (χ0) is 13.8. The zero-order valence-corrected chi connectivity index (χ0v) is 12.6. The number of hydrogen-bond donors (Lipinski definition) is 0. The molecule has 3 unspecified atom stereocenters. The van der Waals surface area contributed by atoms with Crippen LogP contribution in [0.15, 0.2) is 0 Å². The first-order chi connectivity index (χ1) is 9.13. The summed E-state index contributed by atoms with van der Waals surface area (Å²) in [5, 5.41) is 0. The number of piperidine rings is 1. The summed E-state index contributed by atoms with van der Waals surface area (Å²) in [5.74, 6) is 0.320. The van der Waals surface area contributed by atoms with Crippen molar-refractivity contribution in [3.8, 4) is 0 Å². The van der Waals surface area contributed by atoms with E-state index in [4.69, 9.17) is 4.74 Å². The van der Waals surface area contributed by atoms with Gasteiger partial charge in [-0.1, -0.05) is 6.92 Å². The van der Waals surface area contributed by atoms with Crippen molar-refractivity contribution in [3.05, 3.63) is 0 Å². The first kappa shape index (κ1) is 14.8. The molecule has 0 saturated carbocycles. The number of hydrogen-bond acceptors (Lipinski definition) is 3. The van der Waals surface area contributed by atoms with E-state index in [0.717, 1.165) is 39.1 Å². The lowest BCUT2D eigenvalue weighted by Gasteiger charge is -2.41. The van der Waals surface area contributed by atoms with Crippen LogP contribution in [-0.2, 0) is 9.53 Å². The number of rotatable bonds is 3. The Morgan fingerprint density at radius 1 is 1.37 bits per heavy atom. The molecule has 2 rings (SSSR count). The third-order valence-corrected chi connectivity index (χ3v) is 4.56. The molecule has 2 heterocycles. The van der Waals surface area contributed by atoms with Crippen molar-refractivity contribution < 1.29 is 9.53 Å². The van der Waals surface area contributed by atoms with Crippen molar-refractivity contribution in [1.29, 1.82) is 0 Å². The van der Waals surface area contributed by atoms with Gasteiger partial charge in [-0.3, -0.25) is 9.69 Å². The standard InChI is InChI=1S/C15H28N2O2/c1-4-14-7-5-6-8-17(14)15(18)13(3)16-9-10-19-12(2)11-16/h12-14H,4-11H2,1-3H3. The molecule has 0 N–H and O–H groups in total. The monoisotopic (exact) mass is 268 g/mol. The Bertz CT molecular complexity index is 309. The molecule has 0 spiro atoms. The van der Waals surface area contributed by atoms with Gasteiger partial charge in [-0.15, -0.1) is 0 Å². The minimum Gasteiger partial charge on any atom is -0.376 e. The predicted octanol–water partition coefficient (Wildman–Crippen LogP) is 1.89. The topological polar surface area (TPSA) is 32.8 Å². The molecule has 2 saturated heterocycles. The second-order valence-corrected chi connectivity index (χ2v) is 5.94. The largest absolute Gasteiger partial charge is 0.376 e. The number of amides is 1. The fraction of sp³-hybridized carbons (Fsp3) is 0.933. The van der Waals surface area contributed by atoms with Gasteiger partial charge < -0.3 is 9.64 Å². The van der Waals surface area contributed by atoms with Gasteiger partial charge in [0.1, 0.15) is 0 Å². The molecular weight excluding hydrogens is 240 g/mol. The molecule has 1 amide bonds. The van der Waals surface area contributed by atoms with Crippen LogP contribution in [0.25, 0.3) is 0 Å². The molecule has 4 nitrogen and oxygen atoms in total. The van der Waals surface area contributed by atoms with Crippen molar-refractivity contribution >= 4 is 5.91 Å². The predicted molar refractivity (Wildman–Crippen MR) is 76.1 cm³/mol. The summed E-state index contributed by atoms with van der Waals surface area (Å²) in [6, 6.07) is 0.459. The molecule has 0 aliphatic carbocycles. The van der Waals surface area contributed by atoms with Gasteiger partial charge in [0.2, 0.25) is 5.91 Å². The van der Waals surface area contributed by atoms with Crippen LogP contribution >= 0.6 is 0 Å². The van der Waals surface area contributed by atoms with E-state index in [9.17, 15) is 4.79 Å². The maximum atomic E-state index is 12.7. The van der Waals surface area contributed by atoms with Crippen LogP contribution in [0.4, 0.5) is 0 Å². The SMILES string of the molecule is CCC1CCCCN1C(=O)C(C)N1CCOC(C)C1. The van der Waals surface area contributed by atoms with Gasteiger partial charge in [0.25, 0.3) is 0 Å². The molecule has 0 bridgehead atoms. The van der Waals surface area contributed by atoms with Crippen molar-refractivity contribution in [2.45, 2.75) is 64.6 Å². The average Bonchev–Trinajstić information content (AvgIpc) is 2.45. The van der Waals surface area contributed by atoms with Gasteiger partial charge in [-0.2, -0.15) is 0 Å². The van der Waals surface area contributed by atoms with Gasteiger partial charge >= 0.3 is 0 Å². The molecule has 2 fully saturated rings. The van der Waals surface area contributed by atoms with Crippen LogP contribution in [0, 0.1) is 0 Å². The Balaban J connectivity index is 1.97. The summed E-state index contributed by atoms with van der Waals surface area (Å²) in [4.78, 5) is 17.1. The molecule has 2 aliphatic heterocycles. The Labute approximate surface area is 117 Å². The van der Waals surface area contributed by atoms with Crippen molar-refractivity contribution in [1.82, 2.24) is 9.80 Å². The number of nitrogens with zero attached hydrogens (tertiary/aromatic N) is 2. The van der Waals surface area contributed by atoms with Crippen LogP contribution in [0.2, 0.25) is 0 Å². The van der Waals surface area contributed by atoms with Crippen LogP contribution in [-0.4, -0.2) is 60.1 Å². The fourth-order valence-corrected chi connectivity index (χ4v) is 3.31. The summed E-state index contributed by atoms with van der Waals surface area (Å²) in [6.07, 6.45) is 4.93. The highest BCUT2D eigenvalue weighted by molar-refractivity contribution is 5.82. The zero-order valence-electron chi connectivity index (χ0n) is 12.6. The number of carbonyl (C=O) groups is 1. The van der Waals surface area contributed by atoms with Gasteiger partial charge in [0.05, 0.1) is 18.8 Å². The van der Waals surface area contributed by atoms with Gasteiger partial charge in [0, 0.05) is 25.7 Å². The molecule has 19 heavy (non-hydrogen) atoms. The molecular formula is C15H28N2O2. The highest BCUT2D eigenvalue weighted by Crippen LogP contribution is 2.22. The average molecular weight is 268 g/mol. The molecule has 4 heteroatoms. The lowest BCUT2D eigenvalue weighted by molar-refractivity contribution is -0.143. The Hall–Kier alpha value is -0.610. The van der Waals surface area contributed by atoms with E-state index in [2.05, 4.69) is 30.6 Å². The highest BCUT2D eigenvalue weighted by Gasteiger charge is 2.32. The van der Waals surface area contributed by atoms with Gasteiger partial charge in [0.15, 0.2) is 0 Å². The maximum absolute atomic E-state index is 12.7. The number of morpholine rings is 1. The summed E-state index contributed by atoms with van der Waals surface area (Å²) < 4.78 is 5.56. The quantitative estimate of drug-likeness (QED) is 0.783. The number of ether oxygens (including phenoxy) is 1. The van der Waals surface area contributed by atoms with Crippen molar-refractivity contribution in [2.75, 3.05) is 26.2 Å². The summed E-state index contributed by atoms with van der Waals surface area (Å²) in [7, 11) is 0. The second kappa shape index (κ2) is 6.71. The molecule has 0 aromatic heterocycles. The molecule has 0 radical (unpaired) electrons. The Morgan fingerprint density at radius 3 is 2.84 bits per heavy atom. The van der Waals surface area contributed by atoms with E-state index in [0.29, 0.717) is 11.9 Å².